The molecule has 1 atom stereocenters. The summed E-state index contributed by atoms with van der Waals surface area (Å²) < 4.78 is 38.8. The number of rotatable bonds is 8. The fraction of sp³-hybridized carbons (Fsp3) is 0.625. The Morgan fingerprint density at radius 3 is 2.61 bits per heavy atom. The zero-order valence-electron chi connectivity index (χ0n) is 13.4. The van der Waals surface area contributed by atoms with Crippen LogP contribution in [0.25, 0.3) is 0 Å². The summed E-state index contributed by atoms with van der Waals surface area (Å²) in [6, 6.07) is 1.76. The van der Waals surface area contributed by atoms with Gasteiger partial charge in [0.15, 0.2) is 0 Å². The number of hydrogen-bond donors (Lipinski definition) is 1. The Kier molecular flexibility index (Phi) is 7.32. The van der Waals surface area contributed by atoms with E-state index >= 15 is 0 Å². The fourth-order valence-electron chi connectivity index (χ4n) is 2.30. The third kappa shape index (κ3) is 6.46. The summed E-state index contributed by atoms with van der Waals surface area (Å²) in [5, 5.41) is 2.71. The maximum absolute atomic E-state index is 12.7. The molecule has 0 aliphatic carbocycles. The number of alkyl halides is 3. The van der Waals surface area contributed by atoms with E-state index in [-0.39, 0.29) is 6.04 Å². The number of unbranched alkanes of at least 4 members (excludes halogenated alkanes) is 3. The standard InChI is InChI=1S/C16H23F3N2O2/c1-3-4-5-6-8-12(2)20-14(22)11-21-10-7-9-13(15(21)23)16(17,18)19/h7,9-10,12H,3-6,8,11H2,1-2H3,(H,20,22)/t12-/m0/s1. The van der Waals surface area contributed by atoms with Gasteiger partial charge in [-0.2, -0.15) is 13.2 Å². The number of hydrogen-bond acceptors (Lipinski definition) is 2. The zero-order valence-corrected chi connectivity index (χ0v) is 13.4. The van der Waals surface area contributed by atoms with Crippen LogP contribution in [0.2, 0.25) is 0 Å². The van der Waals surface area contributed by atoms with Gasteiger partial charge in [0.2, 0.25) is 5.91 Å². The quantitative estimate of drug-likeness (QED) is 0.742. The van der Waals surface area contributed by atoms with Crippen molar-refractivity contribution < 1.29 is 18.0 Å². The Hall–Kier alpha value is -1.79. The van der Waals surface area contributed by atoms with Gasteiger partial charge in [0.25, 0.3) is 5.56 Å². The van der Waals surface area contributed by atoms with Crippen molar-refractivity contribution >= 4 is 5.91 Å². The molecule has 0 aliphatic rings. The lowest BCUT2D eigenvalue weighted by atomic mass is 10.1. The molecule has 0 spiro atoms. The minimum Gasteiger partial charge on any atom is -0.352 e. The van der Waals surface area contributed by atoms with Crippen LogP contribution in [0.4, 0.5) is 13.2 Å². The number of pyridine rings is 1. The van der Waals surface area contributed by atoms with E-state index in [0.29, 0.717) is 6.07 Å². The van der Waals surface area contributed by atoms with Crippen LogP contribution in [0, 0.1) is 0 Å². The second-order valence-electron chi connectivity index (χ2n) is 5.67. The molecule has 0 saturated heterocycles. The first kappa shape index (κ1) is 19.3. The summed E-state index contributed by atoms with van der Waals surface area (Å²) in [5.41, 5.74) is -2.47. The highest BCUT2D eigenvalue weighted by molar-refractivity contribution is 5.76. The lowest BCUT2D eigenvalue weighted by Crippen LogP contribution is -2.38. The summed E-state index contributed by atoms with van der Waals surface area (Å²) >= 11 is 0. The van der Waals surface area contributed by atoms with Gasteiger partial charge in [-0.05, 0) is 25.5 Å². The molecule has 0 aliphatic heterocycles. The summed E-state index contributed by atoms with van der Waals surface area (Å²) in [7, 11) is 0. The molecule has 130 valence electrons. The Morgan fingerprint density at radius 2 is 2.00 bits per heavy atom. The first-order valence-electron chi connectivity index (χ1n) is 7.81. The van der Waals surface area contributed by atoms with E-state index in [1.54, 1.807) is 0 Å². The number of halogens is 3. The van der Waals surface area contributed by atoms with Gasteiger partial charge in [-0.1, -0.05) is 32.6 Å². The van der Waals surface area contributed by atoms with Crippen molar-refractivity contribution in [2.45, 2.75) is 64.7 Å². The van der Waals surface area contributed by atoms with Crippen LogP contribution in [0.15, 0.2) is 23.1 Å². The first-order valence-corrected chi connectivity index (χ1v) is 7.81. The molecule has 0 unspecified atom stereocenters. The molecule has 0 saturated carbocycles. The number of carbonyl (C=O) groups is 1. The molecular weight excluding hydrogens is 309 g/mol. The largest absolute Gasteiger partial charge is 0.421 e. The average Bonchev–Trinajstić information content (AvgIpc) is 2.44. The van der Waals surface area contributed by atoms with Crippen LogP contribution in [-0.4, -0.2) is 16.5 Å². The summed E-state index contributed by atoms with van der Waals surface area (Å²) in [5.74, 6) is -0.464. The molecule has 1 aromatic rings. The molecule has 1 heterocycles. The highest BCUT2D eigenvalue weighted by atomic mass is 19.4. The smallest absolute Gasteiger partial charge is 0.352 e. The Bertz CT molecular complexity index is 567. The topological polar surface area (TPSA) is 51.1 Å². The van der Waals surface area contributed by atoms with Crippen molar-refractivity contribution in [3.05, 3.63) is 34.2 Å². The van der Waals surface area contributed by atoms with Gasteiger partial charge < -0.3 is 9.88 Å². The molecule has 1 N–H and O–H groups in total. The van der Waals surface area contributed by atoms with Gasteiger partial charge in [-0.25, -0.2) is 0 Å². The molecule has 23 heavy (non-hydrogen) atoms. The number of nitrogens with zero attached hydrogens (tertiary/aromatic N) is 1. The van der Waals surface area contributed by atoms with Crippen molar-refractivity contribution in [2.75, 3.05) is 0 Å². The average molecular weight is 332 g/mol. The fourth-order valence-corrected chi connectivity index (χ4v) is 2.30. The SMILES string of the molecule is CCCCCC[C@H](C)NC(=O)Cn1cccc(C(F)(F)F)c1=O. The Balaban J connectivity index is 2.60. The normalized spacial score (nSPS) is 12.9. The second kappa shape index (κ2) is 8.74. The van der Waals surface area contributed by atoms with Crippen LogP contribution < -0.4 is 10.9 Å². The molecule has 0 bridgehead atoms. The summed E-state index contributed by atoms with van der Waals surface area (Å²) in [4.78, 5) is 23.6. The minimum atomic E-state index is -4.72. The van der Waals surface area contributed by atoms with E-state index in [1.807, 2.05) is 6.92 Å². The third-order valence-corrected chi connectivity index (χ3v) is 3.54. The second-order valence-corrected chi connectivity index (χ2v) is 5.67. The number of nitrogens with one attached hydrogen (secondary N) is 1. The number of carbonyl (C=O) groups excluding carboxylic acids is 1. The molecule has 0 fully saturated rings. The van der Waals surface area contributed by atoms with E-state index in [9.17, 15) is 22.8 Å². The van der Waals surface area contributed by atoms with Crippen LogP contribution in [0.5, 0.6) is 0 Å². The van der Waals surface area contributed by atoms with Gasteiger partial charge in [0.05, 0.1) is 0 Å². The summed E-state index contributed by atoms with van der Waals surface area (Å²) in [6.07, 6.45) is 1.61. The first-order chi connectivity index (χ1) is 10.8. The molecule has 0 aromatic carbocycles. The lowest BCUT2D eigenvalue weighted by Gasteiger charge is -2.15. The minimum absolute atomic E-state index is 0.0687. The zero-order chi connectivity index (χ0) is 17.5. The van der Waals surface area contributed by atoms with Crippen LogP contribution in [-0.2, 0) is 17.5 Å². The molecule has 0 radical (unpaired) electrons. The van der Waals surface area contributed by atoms with Crippen LogP contribution >= 0.6 is 0 Å². The highest BCUT2D eigenvalue weighted by Crippen LogP contribution is 2.25. The predicted octanol–water partition coefficient (Wildman–Crippen LogP) is 3.34. The van der Waals surface area contributed by atoms with Gasteiger partial charge in [0, 0.05) is 12.2 Å². The van der Waals surface area contributed by atoms with E-state index < -0.39 is 29.8 Å². The molecular formula is C16H23F3N2O2. The Morgan fingerprint density at radius 1 is 1.30 bits per heavy atom. The highest BCUT2D eigenvalue weighted by Gasteiger charge is 2.34. The van der Waals surface area contributed by atoms with Crippen molar-refractivity contribution in [3.63, 3.8) is 0 Å². The van der Waals surface area contributed by atoms with Crippen molar-refractivity contribution in [2.24, 2.45) is 0 Å². The molecule has 1 rings (SSSR count). The van der Waals surface area contributed by atoms with Crippen molar-refractivity contribution in [3.8, 4) is 0 Å². The third-order valence-electron chi connectivity index (χ3n) is 3.54. The van der Waals surface area contributed by atoms with Crippen LogP contribution in [0.3, 0.4) is 0 Å². The summed E-state index contributed by atoms with van der Waals surface area (Å²) in [6.45, 7) is 3.54. The van der Waals surface area contributed by atoms with Gasteiger partial charge in [-0.3, -0.25) is 9.59 Å². The number of amides is 1. The van der Waals surface area contributed by atoms with Crippen molar-refractivity contribution in [1.29, 1.82) is 0 Å². The van der Waals surface area contributed by atoms with E-state index in [1.165, 1.54) is 6.20 Å². The van der Waals surface area contributed by atoms with Crippen molar-refractivity contribution in [1.82, 2.24) is 9.88 Å². The maximum Gasteiger partial charge on any atom is 0.421 e. The van der Waals surface area contributed by atoms with Gasteiger partial charge in [0.1, 0.15) is 12.1 Å². The predicted molar refractivity (Wildman–Crippen MR) is 82.1 cm³/mol. The van der Waals surface area contributed by atoms with E-state index in [0.717, 1.165) is 42.7 Å². The van der Waals surface area contributed by atoms with Gasteiger partial charge >= 0.3 is 6.18 Å². The molecule has 7 heteroatoms. The number of aromatic nitrogens is 1. The molecule has 1 aromatic heterocycles. The van der Waals surface area contributed by atoms with E-state index in [4.69, 9.17) is 0 Å². The monoisotopic (exact) mass is 332 g/mol. The maximum atomic E-state index is 12.7. The van der Waals surface area contributed by atoms with Gasteiger partial charge in [-0.15, -0.1) is 0 Å². The molecule has 1 amide bonds. The lowest BCUT2D eigenvalue weighted by molar-refractivity contribution is -0.139. The Labute approximate surface area is 133 Å². The van der Waals surface area contributed by atoms with E-state index in [2.05, 4.69) is 12.2 Å². The van der Waals surface area contributed by atoms with Crippen LogP contribution in [0.1, 0.15) is 51.5 Å². The molecule has 4 nitrogen and oxygen atoms in total.